The van der Waals surface area contributed by atoms with Gasteiger partial charge in [-0.05, 0) is 24.6 Å². The van der Waals surface area contributed by atoms with E-state index in [1.54, 1.807) is 12.1 Å². The molecule has 0 aliphatic carbocycles. The van der Waals surface area contributed by atoms with Crippen LogP contribution in [0.3, 0.4) is 0 Å². The van der Waals surface area contributed by atoms with E-state index in [2.05, 4.69) is 11.6 Å². The van der Waals surface area contributed by atoms with Crippen LogP contribution in [-0.4, -0.2) is 56.6 Å². The largest absolute Gasteiger partial charge is 0.490 e. The molecule has 0 bridgehead atoms. The first-order valence-corrected chi connectivity index (χ1v) is 9.44. The molecule has 3 N–H and O–H groups in total. The van der Waals surface area contributed by atoms with Crippen LogP contribution >= 0.6 is 0 Å². The summed E-state index contributed by atoms with van der Waals surface area (Å²) in [5.41, 5.74) is 0.903. The molecule has 1 aromatic rings. The molecule has 0 saturated heterocycles. The third-order valence-corrected chi connectivity index (χ3v) is 3.64. The van der Waals surface area contributed by atoms with Gasteiger partial charge >= 0.3 is 18.1 Å². The van der Waals surface area contributed by atoms with Crippen LogP contribution in [-0.2, 0) is 14.8 Å². The highest BCUT2D eigenvalue weighted by Gasteiger charge is 2.38. The number of rotatable bonds is 7. The van der Waals surface area contributed by atoms with Crippen LogP contribution in [0.2, 0.25) is 0 Å². The Bertz CT molecular complexity index is 765. The van der Waals surface area contributed by atoms with E-state index in [4.69, 9.17) is 9.90 Å². The van der Waals surface area contributed by atoms with Gasteiger partial charge in [0.2, 0.25) is 10.0 Å². The maximum Gasteiger partial charge on any atom is 0.490 e. The van der Waals surface area contributed by atoms with Gasteiger partial charge in [-0.3, -0.25) is 4.72 Å². The number of aliphatic carboxylic acids is 1. The summed E-state index contributed by atoms with van der Waals surface area (Å²) >= 11 is 0. The molecule has 0 fully saturated rings. The Kier molecular flexibility index (Phi) is 9.07. The van der Waals surface area contributed by atoms with Crippen LogP contribution < -0.4 is 9.62 Å². The highest BCUT2D eigenvalue weighted by molar-refractivity contribution is 7.92. The molecular formula is C15H21F3N2O6S. The molecule has 27 heavy (non-hydrogen) atoms. The number of carbonyl (C=O) groups is 2. The molecule has 0 aliphatic rings. The van der Waals surface area contributed by atoms with Crippen molar-refractivity contribution in [2.75, 3.05) is 29.5 Å². The van der Waals surface area contributed by atoms with E-state index < -0.39 is 28.1 Å². The summed E-state index contributed by atoms with van der Waals surface area (Å²) in [5, 5.41) is 16.4. The molecule has 0 heterocycles. The summed E-state index contributed by atoms with van der Waals surface area (Å²) in [6, 6.07) is 4.51. The van der Waals surface area contributed by atoms with Crippen LogP contribution in [0.5, 0.6) is 0 Å². The second kappa shape index (κ2) is 10.00. The number of hydrogen-bond donors (Lipinski definition) is 3. The lowest BCUT2D eigenvalue weighted by Gasteiger charge is -2.21. The van der Waals surface area contributed by atoms with Crippen LogP contribution in [0.25, 0.3) is 0 Å². The topological polar surface area (TPSA) is 124 Å². The Balaban J connectivity index is 0.000000821. The average Bonchev–Trinajstić information content (AvgIpc) is 2.50. The summed E-state index contributed by atoms with van der Waals surface area (Å²) in [6.45, 7) is 2.81. The number of carboxylic acids is 2. The smallest absolute Gasteiger partial charge is 0.478 e. The second-order valence-electron chi connectivity index (χ2n) is 5.49. The van der Waals surface area contributed by atoms with Crippen LogP contribution in [0.1, 0.15) is 30.1 Å². The highest BCUT2D eigenvalue weighted by atomic mass is 32.2. The van der Waals surface area contributed by atoms with Crippen molar-refractivity contribution in [3.05, 3.63) is 23.8 Å². The van der Waals surface area contributed by atoms with Gasteiger partial charge in [0.25, 0.3) is 0 Å². The average molecular weight is 414 g/mol. The first-order valence-electron chi connectivity index (χ1n) is 7.55. The van der Waals surface area contributed by atoms with Gasteiger partial charge in [-0.2, -0.15) is 13.2 Å². The molecule has 0 unspecified atom stereocenters. The van der Waals surface area contributed by atoms with Crippen molar-refractivity contribution in [2.24, 2.45) is 0 Å². The number of nitrogens with one attached hydrogen (secondary N) is 1. The zero-order valence-electron chi connectivity index (χ0n) is 14.9. The lowest BCUT2D eigenvalue weighted by atomic mass is 10.1. The molecule has 154 valence electrons. The van der Waals surface area contributed by atoms with Gasteiger partial charge in [-0.25, -0.2) is 18.0 Å². The third kappa shape index (κ3) is 9.68. The first kappa shape index (κ1) is 24.5. The van der Waals surface area contributed by atoms with Crippen molar-refractivity contribution in [3.63, 3.8) is 0 Å². The van der Waals surface area contributed by atoms with E-state index >= 15 is 0 Å². The number of anilines is 2. The number of hydrogen-bond acceptors (Lipinski definition) is 5. The van der Waals surface area contributed by atoms with Crippen LogP contribution in [0, 0.1) is 0 Å². The molecule has 1 aromatic carbocycles. The van der Waals surface area contributed by atoms with Crippen molar-refractivity contribution in [3.8, 4) is 0 Å². The van der Waals surface area contributed by atoms with Crippen molar-refractivity contribution in [1.29, 1.82) is 0 Å². The molecular weight excluding hydrogens is 393 g/mol. The number of sulfonamides is 1. The Morgan fingerprint density at radius 1 is 1.22 bits per heavy atom. The summed E-state index contributed by atoms with van der Waals surface area (Å²) in [4.78, 5) is 22.1. The van der Waals surface area contributed by atoms with E-state index in [0.29, 0.717) is 5.69 Å². The molecule has 0 amide bonds. The Morgan fingerprint density at radius 3 is 2.11 bits per heavy atom. The molecule has 0 radical (unpaired) electrons. The third-order valence-electron chi connectivity index (χ3n) is 3.03. The maximum atomic E-state index is 11.3. The second-order valence-corrected chi connectivity index (χ2v) is 7.24. The zero-order chi connectivity index (χ0) is 21.4. The zero-order valence-corrected chi connectivity index (χ0v) is 15.7. The molecule has 0 atom stereocenters. The minimum Gasteiger partial charge on any atom is -0.478 e. The summed E-state index contributed by atoms with van der Waals surface area (Å²) < 4.78 is 56.4. The predicted octanol–water partition coefficient (Wildman–Crippen LogP) is 2.63. The highest BCUT2D eigenvalue weighted by Crippen LogP contribution is 2.24. The quantitative estimate of drug-likeness (QED) is 0.626. The maximum absolute atomic E-state index is 11.3. The Morgan fingerprint density at radius 2 is 1.74 bits per heavy atom. The summed E-state index contributed by atoms with van der Waals surface area (Å²) in [5.74, 6) is -3.84. The minimum absolute atomic E-state index is 0.0808. The van der Waals surface area contributed by atoms with E-state index in [0.717, 1.165) is 25.6 Å². The lowest BCUT2D eigenvalue weighted by Crippen LogP contribution is -2.21. The van der Waals surface area contributed by atoms with Crippen molar-refractivity contribution in [1.82, 2.24) is 0 Å². The normalized spacial score (nSPS) is 11.2. The van der Waals surface area contributed by atoms with Gasteiger partial charge in [0, 0.05) is 19.3 Å². The van der Waals surface area contributed by atoms with Crippen LogP contribution in [0.15, 0.2) is 18.2 Å². The standard InChI is InChI=1S/C13H20N2O4S.C2HF3O2/c1-4-5-8-15(2)12-7-6-10(14-20(3,18)19)9-11(12)13(16)17;3-2(4,5)1(6)7/h6-7,9,14H,4-5,8H2,1-3H3,(H,16,17);(H,6,7). The van der Waals surface area contributed by atoms with Gasteiger partial charge in [-0.15, -0.1) is 0 Å². The Labute approximate surface area is 154 Å². The van der Waals surface area contributed by atoms with Crippen molar-refractivity contribution >= 4 is 33.3 Å². The number of aromatic carboxylic acids is 1. The van der Waals surface area contributed by atoms with Crippen molar-refractivity contribution < 1.29 is 41.4 Å². The minimum atomic E-state index is -5.08. The monoisotopic (exact) mass is 414 g/mol. The Hall–Kier alpha value is -2.50. The predicted molar refractivity (Wildman–Crippen MR) is 93.7 cm³/mol. The van der Waals surface area contributed by atoms with Gasteiger partial charge in [-0.1, -0.05) is 13.3 Å². The van der Waals surface area contributed by atoms with Gasteiger partial charge in [0.15, 0.2) is 0 Å². The van der Waals surface area contributed by atoms with E-state index in [1.165, 1.54) is 6.07 Å². The molecule has 1 rings (SSSR count). The molecule has 0 saturated carbocycles. The van der Waals surface area contributed by atoms with Crippen molar-refractivity contribution in [2.45, 2.75) is 25.9 Å². The van der Waals surface area contributed by atoms with E-state index in [9.17, 15) is 31.5 Å². The van der Waals surface area contributed by atoms with E-state index in [1.807, 2.05) is 11.9 Å². The first-order chi connectivity index (χ1) is 12.2. The fourth-order valence-corrected chi connectivity index (χ4v) is 2.39. The van der Waals surface area contributed by atoms with Gasteiger partial charge < -0.3 is 15.1 Å². The molecule has 0 aliphatic heterocycles. The SMILES string of the molecule is CCCCN(C)c1ccc(NS(C)(=O)=O)cc1C(=O)O.O=C(O)C(F)(F)F. The van der Waals surface area contributed by atoms with Gasteiger partial charge in [0.05, 0.1) is 17.5 Å². The van der Waals surface area contributed by atoms with Crippen LogP contribution in [0.4, 0.5) is 24.5 Å². The van der Waals surface area contributed by atoms with E-state index in [-0.39, 0.29) is 11.3 Å². The number of halogens is 3. The fourth-order valence-electron chi connectivity index (χ4n) is 1.83. The molecule has 0 spiro atoms. The number of nitrogens with zero attached hydrogens (tertiary/aromatic N) is 1. The molecule has 8 nitrogen and oxygen atoms in total. The summed E-state index contributed by atoms with van der Waals surface area (Å²) in [7, 11) is -1.60. The summed E-state index contributed by atoms with van der Waals surface area (Å²) in [6.07, 6.45) is -2.09. The lowest BCUT2D eigenvalue weighted by molar-refractivity contribution is -0.192. The van der Waals surface area contributed by atoms with Gasteiger partial charge in [0.1, 0.15) is 0 Å². The fraction of sp³-hybridized carbons (Fsp3) is 0.467. The number of benzene rings is 1. The number of carboxylic acid groups (broad SMARTS) is 2. The number of unbranched alkanes of at least 4 members (excludes halogenated alkanes) is 1. The molecule has 0 aromatic heterocycles. The molecule has 12 heteroatoms. The number of alkyl halides is 3.